The van der Waals surface area contributed by atoms with E-state index >= 15 is 0 Å². The quantitative estimate of drug-likeness (QED) is 0.820. The Balaban J connectivity index is 3.06. The largest absolute Gasteiger partial charge is 0.406 e. The number of amides is 1. The maximum atomic E-state index is 12.5. The number of hydrogen-bond donors (Lipinski definition) is 0. The van der Waals surface area contributed by atoms with Crippen LogP contribution in [0.4, 0.5) is 13.2 Å². The molecular weight excluding hydrogens is 325 g/mol. The molecule has 0 N–H and O–H groups in total. The first-order valence-corrected chi connectivity index (χ1v) is 6.68. The smallest absolute Gasteiger partial charge is 0.343 e. The van der Waals surface area contributed by atoms with Gasteiger partial charge < -0.3 is 9.47 Å². The third kappa shape index (κ3) is 4.26. The Morgan fingerprint density at radius 3 is 2.47 bits per heavy atom. The number of carbonyl (C=O) groups is 1. The van der Waals surface area contributed by atoms with Crippen LogP contribution in [0.1, 0.15) is 31.3 Å². The van der Waals surface area contributed by atoms with Gasteiger partial charge in [-0.1, -0.05) is 0 Å². The minimum absolute atomic E-state index is 0.257. The maximum Gasteiger partial charge on any atom is 0.406 e. The van der Waals surface area contributed by atoms with Gasteiger partial charge >= 0.3 is 6.18 Å². The Bertz CT molecular complexity index is 454. The third-order valence-electron chi connectivity index (χ3n) is 2.66. The summed E-state index contributed by atoms with van der Waals surface area (Å²) in [5, 5.41) is 0. The van der Waals surface area contributed by atoms with Crippen LogP contribution in [0, 0.1) is 0 Å². The Morgan fingerprint density at radius 2 is 2.05 bits per heavy atom. The lowest BCUT2D eigenvalue weighted by Crippen LogP contribution is -2.43. The van der Waals surface area contributed by atoms with Crippen LogP contribution >= 0.6 is 15.9 Å². The predicted molar refractivity (Wildman–Crippen MR) is 70.0 cm³/mol. The highest BCUT2D eigenvalue weighted by molar-refractivity contribution is 9.10. The molecule has 3 nitrogen and oxygen atoms in total. The zero-order valence-electron chi connectivity index (χ0n) is 11.0. The molecule has 0 spiro atoms. The van der Waals surface area contributed by atoms with E-state index in [1.165, 1.54) is 6.07 Å². The summed E-state index contributed by atoms with van der Waals surface area (Å²) in [6.45, 7) is 4.24. The average Bonchev–Trinajstić information content (AvgIpc) is 2.65. The Morgan fingerprint density at radius 1 is 1.47 bits per heavy atom. The Kier molecular flexibility index (Phi) is 5.06. The topological polar surface area (TPSA) is 25.2 Å². The Hall–Kier alpha value is -0.980. The number of nitrogens with zero attached hydrogens (tertiary/aromatic N) is 2. The van der Waals surface area contributed by atoms with Gasteiger partial charge in [0.15, 0.2) is 0 Å². The fraction of sp³-hybridized carbons (Fsp3) is 0.583. The summed E-state index contributed by atoms with van der Waals surface area (Å²) in [5.41, 5.74) is 0.257. The number of aryl methyl sites for hydroxylation is 1. The van der Waals surface area contributed by atoms with Gasteiger partial charge in [-0.3, -0.25) is 4.79 Å². The van der Waals surface area contributed by atoms with Crippen molar-refractivity contribution in [3.05, 3.63) is 22.4 Å². The summed E-state index contributed by atoms with van der Waals surface area (Å²) in [7, 11) is 0. The molecule has 1 heterocycles. The highest BCUT2D eigenvalue weighted by Crippen LogP contribution is 2.22. The summed E-state index contributed by atoms with van der Waals surface area (Å²) in [5.74, 6) is -0.611. The SMILES string of the molecule is CCn1cc(Br)cc1C(=O)N(CC(F)(F)F)C(C)C. The van der Waals surface area contributed by atoms with Gasteiger partial charge in [0.2, 0.25) is 0 Å². The summed E-state index contributed by atoms with van der Waals surface area (Å²) in [6, 6.07) is 1.02. The van der Waals surface area contributed by atoms with Crippen molar-refractivity contribution >= 4 is 21.8 Å². The molecule has 0 fully saturated rings. The van der Waals surface area contributed by atoms with Crippen molar-refractivity contribution in [1.29, 1.82) is 0 Å². The summed E-state index contributed by atoms with van der Waals surface area (Å²) in [4.78, 5) is 13.1. The van der Waals surface area contributed by atoms with Crippen molar-refractivity contribution in [3.8, 4) is 0 Å². The van der Waals surface area contributed by atoms with Crippen LogP contribution in [-0.2, 0) is 6.54 Å². The van der Waals surface area contributed by atoms with Crippen LogP contribution in [0.3, 0.4) is 0 Å². The first kappa shape index (κ1) is 16.1. The van der Waals surface area contributed by atoms with Gasteiger partial charge in [0.25, 0.3) is 5.91 Å². The lowest BCUT2D eigenvalue weighted by molar-refractivity contribution is -0.143. The summed E-state index contributed by atoms with van der Waals surface area (Å²) < 4.78 is 39.9. The molecule has 0 aliphatic rings. The fourth-order valence-electron chi connectivity index (χ4n) is 1.74. The van der Waals surface area contributed by atoms with Crippen LogP contribution in [0.5, 0.6) is 0 Å². The molecule has 0 aromatic carbocycles. The average molecular weight is 341 g/mol. The second kappa shape index (κ2) is 5.98. The number of halogens is 4. The van der Waals surface area contributed by atoms with Gasteiger partial charge in [0.1, 0.15) is 12.2 Å². The molecule has 0 radical (unpaired) electrons. The molecule has 0 aliphatic carbocycles. The zero-order chi connectivity index (χ0) is 14.8. The van der Waals surface area contributed by atoms with Gasteiger partial charge in [0, 0.05) is 23.3 Å². The van der Waals surface area contributed by atoms with E-state index in [2.05, 4.69) is 15.9 Å². The normalized spacial score (nSPS) is 12.0. The molecule has 0 aliphatic heterocycles. The standard InChI is InChI=1S/C12H16BrF3N2O/c1-4-17-6-9(13)5-10(17)11(19)18(8(2)3)7-12(14,15)16/h5-6,8H,4,7H2,1-3H3. The summed E-state index contributed by atoms with van der Waals surface area (Å²) in [6.07, 6.45) is -2.72. The van der Waals surface area contributed by atoms with Gasteiger partial charge in [-0.2, -0.15) is 13.2 Å². The highest BCUT2D eigenvalue weighted by atomic mass is 79.9. The van der Waals surface area contributed by atoms with E-state index in [4.69, 9.17) is 0 Å². The van der Waals surface area contributed by atoms with Gasteiger partial charge in [-0.25, -0.2) is 0 Å². The van der Waals surface area contributed by atoms with Crippen molar-refractivity contribution in [2.75, 3.05) is 6.54 Å². The van der Waals surface area contributed by atoms with Crippen LogP contribution in [-0.4, -0.2) is 34.1 Å². The monoisotopic (exact) mass is 340 g/mol. The van der Waals surface area contributed by atoms with E-state index in [9.17, 15) is 18.0 Å². The molecule has 1 aromatic heterocycles. The van der Waals surface area contributed by atoms with E-state index in [1.807, 2.05) is 6.92 Å². The van der Waals surface area contributed by atoms with Gasteiger partial charge in [-0.05, 0) is 42.8 Å². The molecule has 0 unspecified atom stereocenters. The number of rotatable bonds is 4. The molecule has 0 bridgehead atoms. The van der Waals surface area contributed by atoms with Gasteiger partial charge in [0.05, 0.1) is 0 Å². The number of alkyl halides is 3. The van der Waals surface area contributed by atoms with Crippen LogP contribution < -0.4 is 0 Å². The lowest BCUT2D eigenvalue weighted by Gasteiger charge is -2.28. The highest BCUT2D eigenvalue weighted by Gasteiger charge is 2.35. The molecule has 108 valence electrons. The van der Waals surface area contributed by atoms with Crippen molar-refractivity contribution < 1.29 is 18.0 Å². The summed E-state index contributed by atoms with van der Waals surface area (Å²) >= 11 is 3.23. The van der Waals surface area contributed by atoms with Crippen molar-refractivity contribution in [1.82, 2.24) is 9.47 Å². The second-order valence-corrected chi connectivity index (χ2v) is 5.39. The minimum atomic E-state index is -4.40. The molecule has 19 heavy (non-hydrogen) atoms. The first-order valence-electron chi connectivity index (χ1n) is 5.89. The van der Waals surface area contributed by atoms with Crippen molar-refractivity contribution in [2.24, 2.45) is 0 Å². The van der Waals surface area contributed by atoms with Crippen LogP contribution in [0.25, 0.3) is 0 Å². The van der Waals surface area contributed by atoms with Crippen LogP contribution in [0.15, 0.2) is 16.7 Å². The van der Waals surface area contributed by atoms with E-state index in [0.29, 0.717) is 11.0 Å². The molecule has 0 saturated heterocycles. The first-order chi connectivity index (χ1) is 8.65. The van der Waals surface area contributed by atoms with E-state index < -0.39 is 24.7 Å². The fourth-order valence-corrected chi connectivity index (χ4v) is 2.21. The van der Waals surface area contributed by atoms with Crippen LogP contribution in [0.2, 0.25) is 0 Å². The van der Waals surface area contributed by atoms with E-state index in [-0.39, 0.29) is 5.69 Å². The minimum Gasteiger partial charge on any atom is -0.343 e. The number of hydrogen-bond acceptors (Lipinski definition) is 1. The molecule has 7 heteroatoms. The number of aromatic nitrogens is 1. The zero-order valence-corrected chi connectivity index (χ0v) is 12.5. The number of carbonyl (C=O) groups excluding carboxylic acids is 1. The molecule has 0 saturated carbocycles. The molecule has 0 atom stereocenters. The molecule has 1 amide bonds. The molecular formula is C12H16BrF3N2O. The molecule has 1 rings (SSSR count). The second-order valence-electron chi connectivity index (χ2n) is 4.47. The van der Waals surface area contributed by atoms with Gasteiger partial charge in [-0.15, -0.1) is 0 Å². The van der Waals surface area contributed by atoms with Crippen molar-refractivity contribution in [3.63, 3.8) is 0 Å². The third-order valence-corrected chi connectivity index (χ3v) is 3.09. The molecule has 1 aromatic rings. The van der Waals surface area contributed by atoms with E-state index in [0.717, 1.165) is 4.90 Å². The maximum absolute atomic E-state index is 12.5. The Labute approximate surface area is 118 Å². The van der Waals surface area contributed by atoms with Crippen molar-refractivity contribution in [2.45, 2.75) is 39.5 Å². The lowest BCUT2D eigenvalue weighted by atomic mass is 10.2. The predicted octanol–water partition coefficient (Wildman–Crippen LogP) is 3.68. The van der Waals surface area contributed by atoms with E-state index in [1.54, 1.807) is 24.6 Å².